The largest absolute Gasteiger partial charge is 0.379 e. The molecule has 1 aliphatic rings. The average molecular weight is 484 g/mol. The second kappa shape index (κ2) is 10.8. The van der Waals surface area contributed by atoms with E-state index in [9.17, 15) is 14.4 Å². The number of morpholine rings is 1. The fourth-order valence-corrected chi connectivity index (χ4v) is 3.87. The minimum atomic E-state index is -0.734. The highest BCUT2D eigenvalue weighted by Gasteiger charge is 2.21. The summed E-state index contributed by atoms with van der Waals surface area (Å²) in [6.07, 6.45) is 0. The highest BCUT2D eigenvalue weighted by molar-refractivity contribution is 6.30. The van der Waals surface area contributed by atoms with E-state index >= 15 is 0 Å². The molecule has 1 aromatic heterocycles. The molecule has 178 valence electrons. The van der Waals surface area contributed by atoms with E-state index < -0.39 is 17.2 Å². The lowest BCUT2D eigenvalue weighted by Crippen LogP contribution is -2.47. The third kappa shape index (κ3) is 5.44. The van der Waals surface area contributed by atoms with Crippen molar-refractivity contribution in [2.75, 3.05) is 39.4 Å². The van der Waals surface area contributed by atoms with E-state index in [2.05, 4.69) is 15.3 Å². The van der Waals surface area contributed by atoms with Gasteiger partial charge in [-0.2, -0.15) is 9.78 Å². The number of carbonyl (C=O) groups excluding carboxylic acids is 1. The second-order valence-corrected chi connectivity index (χ2v) is 8.48. The minimum Gasteiger partial charge on any atom is -0.379 e. The number of carbonyl (C=O) groups is 1. The SMILES string of the molecule is Cc1ccccc1Cn1c(=O)c(C(=O)NCCN2CCOCC2)nn(-c2ccc(Cl)cc2)c1=O. The molecule has 1 fully saturated rings. The van der Waals surface area contributed by atoms with Crippen LogP contribution in [0.25, 0.3) is 5.69 Å². The van der Waals surface area contributed by atoms with Gasteiger partial charge in [-0.3, -0.25) is 19.1 Å². The molecule has 0 bridgehead atoms. The van der Waals surface area contributed by atoms with Gasteiger partial charge in [-0.15, -0.1) is 0 Å². The molecule has 1 N–H and O–H groups in total. The van der Waals surface area contributed by atoms with E-state index in [0.717, 1.165) is 33.5 Å². The Kier molecular flexibility index (Phi) is 7.56. The number of halogens is 1. The lowest BCUT2D eigenvalue weighted by molar-refractivity contribution is 0.0383. The maximum Gasteiger partial charge on any atom is 0.352 e. The van der Waals surface area contributed by atoms with Gasteiger partial charge in [0.15, 0.2) is 0 Å². The van der Waals surface area contributed by atoms with Crippen molar-refractivity contribution in [3.63, 3.8) is 0 Å². The summed E-state index contributed by atoms with van der Waals surface area (Å²) in [4.78, 5) is 41.6. The third-order valence-electron chi connectivity index (χ3n) is 5.75. The van der Waals surface area contributed by atoms with Crippen molar-refractivity contribution in [1.29, 1.82) is 0 Å². The number of nitrogens with one attached hydrogen (secondary N) is 1. The number of hydrogen-bond donors (Lipinski definition) is 1. The van der Waals surface area contributed by atoms with Crippen LogP contribution in [-0.2, 0) is 11.3 Å². The first kappa shape index (κ1) is 23.9. The molecule has 0 radical (unpaired) electrons. The zero-order chi connectivity index (χ0) is 24.1. The minimum absolute atomic E-state index is 0.0223. The molecule has 4 rings (SSSR count). The van der Waals surface area contributed by atoms with Crippen LogP contribution in [0, 0.1) is 6.92 Å². The molecule has 1 aliphatic heterocycles. The monoisotopic (exact) mass is 483 g/mol. The molecular formula is C24H26ClN5O4. The number of hydrogen-bond acceptors (Lipinski definition) is 6. The van der Waals surface area contributed by atoms with Crippen molar-refractivity contribution in [1.82, 2.24) is 24.6 Å². The Hall–Kier alpha value is -3.27. The summed E-state index contributed by atoms with van der Waals surface area (Å²) < 4.78 is 7.44. The van der Waals surface area contributed by atoms with E-state index in [1.165, 1.54) is 0 Å². The zero-order valence-electron chi connectivity index (χ0n) is 18.9. The van der Waals surface area contributed by atoms with Gasteiger partial charge in [0, 0.05) is 31.2 Å². The summed E-state index contributed by atoms with van der Waals surface area (Å²) in [5.41, 5.74) is 0.414. The standard InChI is InChI=1S/C24H26ClN5O4/c1-17-4-2-3-5-18(17)16-29-23(32)21(22(31)26-10-11-28-12-14-34-15-13-28)27-30(24(29)33)20-8-6-19(25)7-9-20/h2-9H,10-16H2,1H3,(H,26,31). The van der Waals surface area contributed by atoms with Crippen molar-refractivity contribution in [3.8, 4) is 5.69 Å². The molecule has 0 unspecified atom stereocenters. The molecular weight excluding hydrogens is 458 g/mol. The summed E-state index contributed by atoms with van der Waals surface area (Å²) in [5.74, 6) is -0.625. The molecule has 0 saturated carbocycles. The Morgan fingerprint density at radius 3 is 2.50 bits per heavy atom. The molecule has 9 nitrogen and oxygen atoms in total. The smallest absolute Gasteiger partial charge is 0.352 e. The van der Waals surface area contributed by atoms with Crippen molar-refractivity contribution in [2.45, 2.75) is 13.5 Å². The number of aromatic nitrogens is 3. The molecule has 2 aromatic carbocycles. The van der Waals surface area contributed by atoms with Crippen LogP contribution in [0.3, 0.4) is 0 Å². The summed E-state index contributed by atoms with van der Waals surface area (Å²) >= 11 is 5.98. The summed E-state index contributed by atoms with van der Waals surface area (Å²) in [6.45, 7) is 5.79. The van der Waals surface area contributed by atoms with Crippen molar-refractivity contribution >= 4 is 17.5 Å². The first-order valence-electron chi connectivity index (χ1n) is 11.1. The van der Waals surface area contributed by atoms with Crippen LogP contribution in [0.15, 0.2) is 58.1 Å². The van der Waals surface area contributed by atoms with Gasteiger partial charge in [0.1, 0.15) is 0 Å². The predicted molar refractivity (Wildman–Crippen MR) is 129 cm³/mol. The molecule has 1 saturated heterocycles. The Labute approximate surface area is 201 Å². The van der Waals surface area contributed by atoms with Crippen LogP contribution in [0.2, 0.25) is 5.02 Å². The number of aryl methyl sites for hydroxylation is 1. The summed E-state index contributed by atoms with van der Waals surface area (Å²) in [6, 6.07) is 13.9. The Morgan fingerprint density at radius 2 is 1.79 bits per heavy atom. The van der Waals surface area contributed by atoms with E-state index in [-0.39, 0.29) is 12.2 Å². The highest BCUT2D eigenvalue weighted by atomic mass is 35.5. The lowest BCUT2D eigenvalue weighted by Gasteiger charge is -2.26. The van der Waals surface area contributed by atoms with Gasteiger partial charge in [-0.1, -0.05) is 35.9 Å². The fraction of sp³-hybridized carbons (Fsp3) is 0.333. The first-order valence-corrected chi connectivity index (χ1v) is 11.4. The molecule has 0 spiro atoms. The molecule has 3 aromatic rings. The van der Waals surface area contributed by atoms with Crippen LogP contribution in [0.1, 0.15) is 21.6 Å². The molecule has 1 amide bonds. The molecule has 0 aliphatic carbocycles. The topological polar surface area (TPSA) is 98.5 Å². The number of nitrogens with zero attached hydrogens (tertiary/aromatic N) is 4. The summed E-state index contributed by atoms with van der Waals surface area (Å²) in [5, 5.41) is 7.40. The number of ether oxygens (including phenoxy) is 1. The molecule has 2 heterocycles. The fourth-order valence-electron chi connectivity index (χ4n) is 3.74. The van der Waals surface area contributed by atoms with E-state index in [4.69, 9.17) is 16.3 Å². The summed E-state index contributed by atoms with van der Waals surface area (Å²) in [7, 11) is 0. The van der Waals surface area contributed by atoms with Gasteiger partial charge in [0.25, 0.3) is 11.5 Å². The first-order chi connectivity index (χ1) is 16.4. The average Bonchev–Trinajstić information content (AvgIpc) is 2.84. The van der Waals surface area contributed by atoms with Gasteiger partial charge in [-0.25, -0.2) is 4.79 Å². The Morgan fingerprint density at radius 1 is 1.09 bits per heavy atom. The molecule has 10 heteroatoms. The van der Waals surface area contributed by atoms with Gasteiger partial charge in [0.05, 0.1) is 25.4 Å². The van der Waals surface area contributed by atoms with Crippen molar-refractivity contribution in [3.05, 3.63) is 91.2 Å². The van der Waals surface area contributed by atoms with Gasteiger partial charge in [-0.05, 0) is 42.3 Å². The van der Waals surface area contributed by atoms with Gasteiger partial charge < -0.3 is 10.1 Å². The van der Waals surface area contributed by atoms with Crippen LogP contribution in [0.4, 0.5) is 0 Å². The highest BCUT2D eigenvalue weighted by Crippen LogP contribution is 2.12. The Bertz CT molecular complexity index is 1280. The van der Waals surface area contributed by atoms with Crippen molar-refractivity contribution in [2.24, 2.45) is 0 Å². The Balaban J connectivity index is 1.68. The predicted octanol–water partition coefficient (Wildman–Crippen LogP) is 1.47. The normalized spacial score (nSPS) is 14.2. The molecule has 0 atom stereocenters. The second-order valence-electron chi connectivity index (χ2n) is 8.05. The number of amides is 1. The van der Waals surface area contributed by atoms with Crippen molar-refractivity contribution < 1.29 is 9.53 Å². The number of benzene rings is 2. The van der Waals surface area contributed by atoms with E-state index in [1.807, 2.05) is 31.2 Å². The maximum atomic E-state index is 13.3. The van der Waals surface area contributed by atoms with Crippen LogP contribution in [-0.4, -0.2) is 64.5 Å². The third-order valence-corrected chi connectivity index (χ3v) is 6.01. The van der Waals surface area contributed by atoms with Gasteiger partial charge >= 0.3 is 5.69 Å². The van der Waals surface area contributed by atoms with E-state index in [1.54, 1.807) is 24.3 Å². The lowest BCUT2D eigenvalue weighted by atomic mass is 10.1. The quantitative estimate of drug-likeness (QED) is 0.546. The zero-order valence-corrected chi connectivity index (χ0v) is 19.6. The van der Waals surface area contributed by atoms with Gasteiger partial charge in [0.2, 0.25) is 5.69 Å². The van der Waals surface area contributed by atoms with Crippen LogP contribution >= 0.6 is 11.6 Å². The maximum absolute atomic E-state index is 13.3. The van der Waals surface area contributed by atoms with Crippen LogP contribution < -0.4 is 16.6 Å². The number of rotatable bonds is 7. The van der Waals surface area contributed by atoms with E-state index in [0.29, 0.717) is 37.0 Å². The molecule has 34 heavy (non-hydrogen) atoms. The van der Waals surface area contributed by atoms with Crippen LogP contribution in [0.5, 0.6) is 0 Å².